The Morgan fingerprint density at radius 1 is 0.311 bits per heavy atom. The number of hydrogen-bond acceptors (Lipinski definition) is 0. The van der Waals surface area contributed by atoms with Crippen LogP contribution in [0.2, 0.25) is 0 Å². The van der Waals surface area contributed by atoms with Crippen molar-refractivity contribution in [1.29, 1.82) is 0 Å². The molecule has 0 unspecified atom stereocenters. The van der Waals surface area contributed by atoms with Gasteiger partial charge in [-0.2, -0.15) is 0 Å². The van der Waals surface area contributed by atoms with Crippen LogP contribution in [0.5, 0.6) is 0 Å². The first-order valence-electron chi connectivity index (χ1n) is 15.6. The van der Waals surface area contributed by atoms with Gasteiger partial charge in [0.15, 0.2) is 0 Å². The van der Waals surface area contributed by atoms with Crippen LogP contribution < -0.4 is 0 Å². The number of para-hydroxylation sites is 1. The fourth-order valence-electron chi connectivity index (χ4n) is 7.75. The minimum Gasteiger partial charge on any atom is -0.309 e. The number of nitrogens with zero attached hydrogens (tertiary/aromatic N) is 1. The second-order valence-electron chi connectivity index (χ2n) is 12.1. The zero-order chi connectivity index (χ0) is 29.5. The van der Waals surface area contributed by atoms with Crippen LogP contribution >= 0.6 is 0 Å². The van der Waals surface area contributed by atoms with Gasteiger partial charge in [-0.3, -0.25) is 0 Å². The number of fused-ring (bicyclic) bond motifs is 8. The Hall–Kier alpha value is -5.92. The Morgan fingerprint density at radius 2 is 0.956 bits per heavy atom. The van der Waals surface area contributed by atoms with Gasteiger partial charge in [0.05, 0.1) is 11.0 Å². The average molecular weight is 570 g/mol. The van der Waals surface area contributed by atoms with Crippen LogP contribution in [0.4, 0.5) is 0 Å². The van der Waals surface area contributed by atoms with Gasteiger partial charge in [0, 0.05) is 16.5 Å². The molecule has 1 nitrogen and oxygen atoms in total. The van der Waals surface area contributed by atoms with Gasteiger partial charge in [-0.1, -0.05) is 127 Å². The van der Waals surface area contributed by atoms with Crippen LogP contribution in [0.1, 0.15) is 0 Å². The van der Waals surface area contributed by atoms with E-state index >= 15 is 0 Å². The Balaban J connectivity index is 1.18. The molecule has 0 radical (unpaired) electrons. The third-order valence-corrected chi connectivity index (χ3v) is 9.72. The van der Waals surface area contributed by atoms with Crippen molar-refractivity contribution in [1.82, 2.24) is 4.57 Å². The number of rotatable bonds is 3. The van der Waals surface area contributed by atoms with Crippen molar-refractivity contribution in [3.05, 3.63) is 164 Å². The maximum absolute atomic E-state index is 2.40. The summed E-state index contributed by atoms with van der Waals surface area (Å²) in [5.74, 6) is 0. The van der Waals surface area contributed by atoms with Crippen molar-refractivity contribution in [2.75, 3.05) is 0 Å². The molecule has 0 spiro atoms. The van der Waals surface area contributed by atoms with Crippen LogP contribution in [0.3, 0.4) is 0 Å². The van der Waals surface area contributed by atoms with Crippen LogP contribution in [0.15, 0.2) is 164 Å². The van der Waals surface area contributed by atoms with E-state index in [1.165, 1.54) is 93.5 Å². The minimum atomic E-state index is 1.18. The van der Waals surface area contributed by atoms with Gasteiger partial charge >= 0.3 is 0 Å². The Labute approximate surface area is 261 Å². The van der Waals surface area contributed by atoms with E-state index in [1.54, 1.807) is 0 Å². The Kier molecular flexibility index (Phi) is 5.06. The second-order valence-corrected chi connectivity index (χ2v) is 12.1. The van der Waals surface area contributed by atoms with Crippen molar-refractivity contribution in [2.24, 2.45) is 0 Å². The van der Waals surface area contributed by atoms with Gasteiger partial charge in [0.1, 0.15) is 0 Å². The molecular weight excluding hydrogens is 542 g/mol. The normalized spacial score (nSPS) is 12.0. The standard InChI is InChI=1S/C44H27N/c1-2-13-32(14-3-1)45-41-24-21-30(27-40(41)44-34-15-5-4-10-28(34)20-25-42(44)45)29-11-8-12-31(26-29)33-22-23-39-36-17-7-6-16-35(36)38-19-9-18-37(33)43(38)39/h1-27H. The molecule has 1 aliphatic rings. The predicted molar refractivity (Wildman–Crippen MR) is 191 cm³/mol. The third kappa shape index (κ3) is 3.50. The summed E-state index contributed by atoms with van der Waals surface area (Å²) < 4.78 is 2.40. The molecule has 10 rings (SSSR count). The average Bonchev–Trinajstić information content (AvgIpc) is 3.63. The largest absolute Gasteiger partial charge is 0.309 e. The summed E-state index contributed by atoms with van der Waals surface area (Å²) >= 11 is 0. The number of aromatic nitrogens is 1. The lowest BCUT2D eigenvalue weighted by atomic mass is 9.92. The molecule has 0 fully saturated rings. The first-order valence-corrected chi connectivity index (χ1v) is 15.6. The Bertz CT molecular complexity index is 2610. The van der Waals surface area contributed by atoms with Crippen molar-refractivity contribution in [3.63, 3.8) is 0 Å². The third-order valence-electron chi connectivity index (χ3n) is 9.72. The lowest BCUT2D eigenvalue weighted by Gasteiger charge is -2.12. The molecule has 1 aliphatic carbocycles. The molecular formula is C44H27N. The first-order chi connectivity index (χ1) is 22.3. The van der Waals surface area contributed by atoms with Crippen molar-refractivity contribution < 1.29 is 0 Å². The molecule has 0 saturated heterocycles. The molecule has 1 heterocycles. The van der Waals surface area contributed by atoms with Crippen molar-refractivity contribution in [2.45, 2.75) is 0 Å². The fraction of sp³-hybridized carbons (Fsp3) is 0. The SMILES string of the molecule is c1ccc(-n2c3ccc(-c4cccc(-c5ccc6c7c(cccc57)-c5ccccc5-6)c4)cc3c3c4ccccc4ccc32)cc1. The molecule has 45 heavy (non-hydrogen) atoms. The lowest BCUT2D eigenvalue weighted by Crippen LogP contribution is -1.93. The van der Waals surface area contributed by atoms with Crippen LogP contribution in [0, 0.1) is 0 Å². The summed E-state index contributed by atoms with van der Waals surface area (Å²) in [5, 5.41) is 7.80. The van der Waals surface area contributed by atoms with Crippen molar-refractivity contribution >= 4 is 43.4 Å². The van der Waals surface area contributed by atoms with Gasteiger partial charge in [-0.05, 0) is 102 Å². The molecule has 208 valence electrons. The van der Waals surface area contributed by atoms with E-state index in [9.17, 15) is 0 Å². The highest BCUT2D eigenvalue weighted by Gasteiger charge is 2.22. The van der Waals surface area contributed by atoms with Crippen molar-refractivity contribution in [3.8, 4) is 50.2 Å². The van der Waals surface area contributed by atoms with E-state index in [2.05, 4.69) is 168 Å². The predicted octanol–water partition coefficient (Wildman–Crippen LogP) is 12.1. The Morgan fingerprint density at radius 3 is 1.84 bits per heavy atom. The summed E-state index contributed by atoms with van der Waals surface area (Å²) in [6.45, 7) is 0. The summed E-state index contributed by atoms with van der Waals surface area (Å²) in [4.78, 5) is 0. The molecule has 8 aromatic carbocycles. The summed E-state index contributed by atoms with van der Waals surface area (Å²) in [7, 11) is 0. The van der Waals surface area contributed by atoms with E-state index in [4.69, 9.17) is 0 Å². The lowest BCUT2D eigenvalue weighted by molar-refractivity contribution is 1.18. The van der Waals surface area contributed by atoms with E-state index in [-0.39, 0.29) is 0 Å². The molecule has 0 N–H and O–H groups in total. The summed E-state index contributed by atoms with van der Waals surface area (Å²) in [6, 6.07) is 60.2. The molecule has 9 aromatic rings. The smallest absolute Gasteiger partial charge is 0.0547 e. The topological polar surface area (TPSA) is 4.93 Å². The van der Waals surface area contributed by atoms with E-state index in [0.717, 1.165) is 0 Å². The van der Waals surface area contributed by atoms with Gasteiger partial charge in [0.2, 0.25) is 0 Å². The highest BCUT2D eigenvalue weighted by atomic mass is 15.0. The van der Waals surface area contributed by atoms with Crippen LogP contribution in [-0.4, -0.2) is 4.57 Å². The van der Waals surface area contributed by atoms with Gasteiger partial charge in [0.25, 0.3) is 0 Å². The van der Waals surface area contributed by atoms with Gasteiger partial charge < -0.3 is 4.57 Å². The molecule has 0 amide bonds. The second kappa shape index (κ2) is 9.29. The highest BCUT2D eigenvalue weighted by molar-refractivity contribution is 6.22. The minimum absolute atomic E-state index is 1.18. The maximum atomic E-state index is 2.40. The molecule has 1 heteroatoms. The van der Waals surface area contributed by atoms with E-state index in [0.29, 0.717) is 0 Å². The monoisotopic (exact) mass is 569 g/mol. The first kappa shape index (κ1) is 24.5. The number of benzene rings is 8. The zero-order valence-electron chi connectivity index (χ0n) is 24.5. The molecule has 1 aromatic heterocycles. The molecule has 0 saturated carbocycles. The summed E-state index contributed by atoms with van der Waals surface area (Å²) in [6.07, 6.45) is 0. The maximum Gasteiger partial charge on any atom is 0.0547 e. The quantitative estimate of drug-likeness (QED) is 0.199. The highest BCUT2D eigenvalue weighted by Crippen LogP contribution is 2.49. The molecule has 0 atom stereocenters. The fourth-order valence-corrected chi connectivity index (χ4v) is 7.75. The van der Waals surface area contributed by atoms with Gasteiger partial charge in [-0.15, -0.1) is 0 Å². The van der Waals surface area contributed by atoms with Crippen LogP contribution in [0.25, 0.3) is 93.5 Å². The summed E-state index contributed by atoms with van der Waals surface area (Å²) in [5.41, 5.74) is 13.9. The van der Waals surface area contributed by atoms with Crippen LogP contribution in [-0.2, 0) is 0 Å². The molecule has 0 bridgehead atoms. The van der Waals surface area contributed by atoms with E-state index in [1.807, 2.05) is 0 Å². The van der Waals surface area contributed by atoms with Gasteiger partial charge in [-0.25, -0.2) is 0 Å². The molecule has 0 aliphatic heterocycles. The van der Waals surface area contributed by atoms with E-state index < -0.39 is 0 Å². The zero-order valence-corrected chi connectivity index (χ0v) is 24.5. The number of hydrogen-bond donors (Lipinski definition) is 0.